The van der Waals surface area contributed by atoms with Crippen LogP contribution in [-0.4, -0.2) is 31.9 Å². The molecule has 0 atom stereocenters. The Kier molecular flexibility index (Phi) is 4.75. The van der Waals surface area contributed by atoms with Gasteiger partial charge in [0.1, 0.15) is 16.6 Å². The van der Waals surface area contributed by atoms with E-state index < -0.39 is 10.8 Å². The first-order valence-corrected chi connectivity index (χ1v) is 10.2. The summed E-state index contributed by atoms with van der Waals surface area (Å²) in [5, 5.41) is 26.5. The van der Waals surface area contributed by atoms with Crippen molar-refractivity contribution in [2.75, 3.05) is 0 Å². The second-order valence-electron chi connectivity index (χ2n) is 6.77. The lowest BCUT2D eigenvalue weighted by atomic mass is 10.1. The number of aliphatic imine (C=N–C) groups is 1. The number of carbonyl (C=O) groups is 1. The molecule has 1 N–H and O–H groups in total. The van der Waals surface area contributed by atoms with Crippen molar-refractivity contribution in [2.45, 2.75) is 0 Å². The highest BCUT2D eigenvalue weighted by atomic mass is 32.2. The number of nitro benzene ring substituents is 1. The highest BCUT2D eigenvalue weighted by Crippen LogP contribution is 2.33. The number of nitrogens with one attached hydrogen (secondary N) is 1. The Hall–Kier alpha value is -4.31. The second-order valence-corrected chi connectivity index (χ2v) is 7.72. The molecule has 10 heteroatoms. The van der Waals surface area contributed by atoms with Crippen molar-refractivity contribution in [3.63, 3.8) is 0 Å². The molecule has 2 aromatic carbocycles. The summed E-state index contributed by atoms with van der Waals surface area (Å²) in [7, 11) is 0. The molecule has 0 unspecified atom stereocenters. The predicted octanol–water partition coefficient (Wildman–Crippen LogP) is 4.52. The van der Waals surface area contributed by atoms with Crippen molar-refractivity contribution in [1.82, 2.24) is 5.01 Å². The molecular weight excluding hydrogens is 430 g/mol. The molecule has 0 aliphatic carbocycles. The highest BCUT2D eigenvalue weighted by molar-refractivity contribution is 8.27. The zero-order valence-corrected chi connectivity index (χ0v) is 17.1. The third-order valence-electron chi connectivity index (χ3n) is 4.75. The van der Waals surface area contributed by atoms with Gasteiger partial charge in [0.25, 0.3) is 11.6 Å². The van der Waals surface area contributed by atoms with Gasteiger partial charge in [-0.3, -0.25) is 20.3 Å². The van der Waals surface area contributed by atoms with Crippen molar-refractivity contribution < 1.29 is 14.1 Å². The van der Waals surface area contributed by atoms with E-state index in [1.165, 1.54) is 28.9 Å². The summed E-state index contributed by atoms with van der Waals surface area (Å²) < 4.78 is 5.72. The molecule has 2 aliphatic heterocycles. The molecule has 0 saturated heterocycles. The van der Waals surface area contributed by atoms with Gasteiger partial charge in [-0.25, -0.2) is 0 Å². The quantitative estimate of drug-likeness (QED) is 0.359. The van der Waals surface area contributed by atoms with Crippen LogP contribution in [0.1, 0.15) is 11.3 Å². The Morgan fingerprint density at radius 2 is 1.81 bits per heavy atom. The van der Waals surface area contributed by atoms with Crippen LogP contribution >= 0.6 is 11.8 Å². The van der Waals surface area contributed by atoms with Gasteiger partial charge in [-0.15, -0.1) is 0 Å². The molecule has 2 aliphatic rings. The molecule has 1 amide bonds. The number of rotatable bonds is 4. The summed E-state index contributed by atoms with van der Waals surface area (Å²) in [4.78, 5) is 27.5. The van der Waals surface area contributed by atoms with Crippen molar-refractivity contribution in [2.24, 2.45) is 10.1 Å². The first kappa shape index (κ1) is 19.6. The first-order valence-electron chi connectivity index (χ1n) is 9.40. The number of hydrogen-bond donors (Lipinski definition) is 1. The van der Waals surface area contributed by atoms with Gasteiger partial charge in [0.15, 0.2) is 5.84 Å². The van der Waals surface area contributed by atoms with Crippen LogP contribution in [0.2, 0.25) is 0 Å². The highest BCUT2D eigenvalue weighted by Gasteiger charge is 2.36. The number of para-hydroxylation sites is 1. The first-order chi connectivity index (χ1) is 15.5. The molecule has 1 aromatic heterocycles. The van der Waals surface area contributed by atoms with Crippen LogP contribution in [0, 0.1) is 15.5 Å². The predicted molar refractivity (Wildman–Crippen MR) is 121 cm³/mol. The Morgan fingerprint density at radius 3 is 2.59 bits per heavy atom. The molecule has 0 saturated carbocycles. The van der Waals surface area contributed by atoms with E-state index in [0.29, 0.717) is 15.8 Å². The lowest BCUT2D eigenvalue weighted by Gasteiger charge is -2.19. The molecule has 3 aromatic rings. The fraction of sp³-hybridized carbons (Fsp3) is 0. The minimum absolute atomic E-state index is 0.0101. The number of fused-ring (bicyclic) bond motifs is 1. The van der Waals surface area contributed by atoms with Gasteiger partial charge in [0.2, 0.25) is 5.17 Å². The van der Waals surface area contributed by atoms with Crippen LogP contribution in [0.4, 0.5) is 5.69 Å². The number of benzene rings is 2. The van der Waals surface area contributed by atoms with Crippen molar-refractivity contribution in [3.05, 3.63) is 93.7 Å². The largest absolute Gasteiger partial charge is 0.456 e. The van der Waals surface area contributed by atoms with E-state index in [9.17, 15) is 14.9 Å². The minimum Gasteiger partial charge on any atom is -0.456 e. The third-order valence-corrected chi connectivity index (χ3v) is 5.71. The maximum atomic E-state index is 12.6. The average molecular weight is 443 g/mol. The molecule has 9 nitrogen and oxygen atoms in total. The number of carbonyl (C=O) groups excluding carboxylic acids is 1. The number of nitrogens with zero attached hydrogens (tertiary/aromatic N) is 4. The van der Waals surface area contributed by atoms with Crippen LogP contribution in [-0.2, 0) is 4.79 Å². The number of amidine groups is 2. The Morgan fingerprint density at radius 1 is 1.06 bits per heavy atom. The Balaban J connectivity index is 1.46. The number of hydrazone groups is 1. The molecule has 32 heavy (non-hydrogen) atoms. The van der Waals surface area contributed by atoms with Crippen molar-refractivity contribution >= 4 is 45.5 Å². The van der Waals surface area contributed by atoms with Crippen molar-refractivity contribution in [3.8, 4) is 11.3 Å². The molecular formula is C22H13N5O4S. The van der Waals surface area contributed by atoms with Gasteiger partial charge < -0.3 is 4.42 Å². The Labute approximate surface area is 185 Å². The number of amides is 1. The topological polar surface area (TPSA) is 125 Å². The summed E-state index contributed by atoms with van der Waals surface area (Å²) >= 11 is 1.22. The van der Waals surface area contributed by atoms with Gasteiger partial charge in [-0.1, -0.05) is 42.5 Å². The van der Waals surface area contributed by atoms with Gasteiger partial charge >= 0.3 is 0 Å². The van der Waals surface area contributed by atoms with E-state index in [4.69, 9.17) is 9.83 Å². The third kappa shape index (κ3) is 3.42. The van der Waals surface area contributed by atoms with Crippen LogP contribution in [0.3, 0.4) is 0 Å². The fourth-order valence-electron chi connectivity index (χ4n) is 3.25. The summed E-state index contributed by atoms with van der Waals surface area (Å²) in [6.45, 7) is 0. The molecule has 0 bridgehead atoms. The van der Waals surface area contributed by atoms with Gasteiger partial charge in [0, 0.05) is 11.6 Å². The lowest BCUT2D eigenvalue weighted by molar-refractivity contribution is -0.384. The number of thioether (sulfide) groups is 1. The van der Waals surface area contributed by atoms with E-state index >= 15 is 0 Å². The van der Waals surface area contributed by atoms with E-state index in [0.717, 1.165) is 5.56 Å². The SMILES string of the molecule is N=C1/C(=C/c2ccc(-c3ccccc3[N+](=O)[O-])o2)C(=O)N=C2SC(c3ccccc3)=NN12. The molecule has 0 fully saturated rings. The maximum Gasteiger partial charge on any atom is 0.283 e. The smallest absolute Gasteiger partial charge is 0.283 e. The molecule has 5 rings (SSSR count). The molecule has 156 valence electrons. The van der Waals surface area contributed by atoms with Crippen LogP contribution in [0.15, 0.2) is 86.8 Å². The zero-order valence-electron chi connectivity index (χ0n) is 16.3. The summed E-state index contributed by atoms with van der Waals surface area (Å²) in [6.07, 6.45) is 1.39. The standard InChI is InChI=1S/C22H13N5O4S/c23-19-16(12-14-10-11-18(31-14)15-8-4-5-9-17(15)27(29)30)20(28)24-22-26(19)25-21(32-22)13-6-2-1-3-7-13/h1-12,23H/b16-12-,23-19?. The van der Waals surface area contributed by atoms with E-state index in [-0.39, 0.29) is 28.6 Å². The van der Waals surface area contributed by atoms with Gasteiger partial charge in [-0.05, 0) is 36.0 Å². The van der Waals surface area contributed by atoms with E-state index in [1.54, 1.807) is 30.3 Å². The lowest BCUT2D eigenvalue weighted by Crippen LogP contribution is -2.35. The normalized spacial score (nSPS) is 16.8. The minimum atomic E-state index is -0.582. The number of furan rings is 1. The average Bonchev–Trinajstić information content (AvgIpc) is 3.44. The van der Waals surface area contributed by atoms with Gasteiger partial charge in [-0.2, -0.15) is 15.1 Å². The fourth-order valence-corrected chi connectivity index (χ4v) is 4.14. The van der Waals surface area contributed by atoms with E-state index in [2.05, 4.69) is 10.1 Å². The van der Waals surface area contributed by atoms with Crippen molar-refractivity contribution in [1.29, 1.82) is 5.41 Å². The second kappa shape index (κ2) is 7.75. The van der Waals surface area contributed by atoms with Crippen LogP contribution in [0.25, 0.3) is 17.4 Å². The summed E-state index contributed by atoms with van der Waals surface area (Å²) in [5.41, 5.74) is 1.10. The number of hydrogen-bond acceptors (Lipinski definition) is 7. The molecule has 0 radical (unpaired) electrons. The van der Waals surface area contributed by atoms with Crippen LogP contribution in [0.5, 0.6) is 0 Å². The zero-order chi connectivity index (χ0) is 22.2. The Bertz CT molecular complexity index is 1370. The molecule has 0 spiro atoms. The summed E-state index contributed by atoms with van der Waals surface area (Å²) in [5.74, 6) is -0.155. The van der Waals surface area contributed by atoms with Crippen LogP contribution < -0.4 is 0 Å². The van der Waals surface area contributed by atoms with Gasteiger partial charge in [0.05, 0.1) is 16.1 Å². The monoisotopic (exact) mass is 443 g/mol. The molecule has 3 heterocycles. The summed E-state index contributed by atoms with van der Waals surface area (Å²) in [6, 6.07) is 18.8. The number of nitro groups is 1. The van der Waals surface area contributed by atoms with E-state index in [1.807, 2.05) is 30.3 Å². The maximum absolute atomic E-state index is 12.6.